The highest BCUT2D eigenvalue weighted by molar-refractivity contribution is 5.75. The maximum absolute atomic E-state index is 9.00. The minimum absolute atomic E-state index is 0. The van der Waals surface area contributed by atoms with Crippen LogP contribution in [0.15, 0.2) is 0 Å². The quantitative estimate of drug-likeness (QED) is 0.384. The van der Waals surface area contributed by atoms with E-state index in [0.717, 1.165) is 6.92 Å². The van der Waals surface area contributed by atoms with Gasteiger partial charge in [0, 0.05) is 6.92 Å². The van der Waals surface area contributed by atoms with E-state index in [-0.39, 0.29) is 61.4 Å². The molecule has 0 atom stereocenters. The second-order valence-corrected chi connectivity index (χ2v) is 0.519. The summed E-state index contributed by atoms with van der Waals surface area (Å²) >= 11 is 0. The molecule has 9 nitrogen and oxygen atoms in total. The first-order valence-electron chi connectivity index (χ1n) is 0.928. The highest BCUT2D eigenvalue weighted by Crippen LogP contribution is 1.42. The molecule has 0 unspecified atom stereocenters. The number of hydrogen-bond donors (Lipinski definition) is 1. The van der Waals surface area contributed by atoms with Gasteiger partial charge in [0.1, 0.15) is 0 Å². The van der Waals surface area contributed by atoms with Gasteiger partial charge in [0.2, 0.25) is 0 Å². The molecule has 0 heterocycles. The molecule has 0 saturated heterocycles. The van der Waals surface area contributed by atoms with E-state index in [1.807, 2.05) is 0 Å². The fourth-order valence-electron chi connectivity index (χ4n) is 0. The molecule has 0 saturated carbocycles. The Labute approximate surface area is 84.7 Å². The van der Waals surface area contributed by atoms with Crippen LogP contribution in [0.4, 0.5) is 0 Å². The zero-order valence-electron chi connectivity index (χ0n) is 5.86. The molecule has 10 heteroatoms. The lowest BCUT2D eigenvalue weighted by atomic mass is 10.9. The van der Waals surface area contributed by atoms with Crippen LogP contribution in [0.3, 0.4) is 0 Å². The molecule has 0 aliphatic rings. The summed E-state index contributed by atoms with van der Waals surface area (Å²) in [6.45, 7) is 1.08. The normalized spacial score (nSPS) is 2.08. The van der Waals surface area contributed by atoms with E-state index >= 15 is 0 Å². The van der Waals surface area contributed by atoms with Gasteiger partial charge in [0.05, 0.1) is 0 Å². The predicted octanol–water partition coefficient (Wildman–Crippen LogP) is -6.60. The van der Waals surface area contributed by atoms with Crippen LogP contribution in [0.1, 0.15) is 6.92 Å². The lowest BCUT2D eigenvalue weighted by Gasteiger charge is -1.59. The first-order valence-corrected chi connectivity index (χ1v) is 0.928. The van der Waals surface area contributed by atoms with Gasteiger partial charge in [-0.25, -0.2) is 0 Å². The van der Waals surface area contributed by atoms with Gasteiger partial charge in [0.25, 0.3) is 5.97 Å². The first kappa shape index (κ1) is 164. The van der Waals surface area contributed by atoms with E-state index in [1.54, 1.807) is 0 Å². The first-order chi connectivity index (χ1) is 1.73. The third-order valence-corrected chi connectivity index (χ3v) is 0. The summed E-state index contributed by atoms with van der Waals surface area (Å²) in [5.41, 5.74) is 0. The van der Waals surface area contributed by atoms with Crippen LogP contribution in [-0.2, 0) is 4.79 Å². The van der Waals surface area contributed by atoms with Crippen molar-refractivity contribution in [2.45, 2.75) is 6.92 Å². The van der Waals surface area contributed by atoms with Gasteiger partial charge >= 0.3 is 23.1 Å². The lowest BCUT2D eigenvalue weighted by molar-refractivity contribution is -0.134. The minimum Gasteiger partial charge on any atom is -0.481 e. The lowest BCUT2D eigenvalue weighted by Crippen LogP contribution is -1.78. The van der Waals surface area contributed by atoms with Gasteiger partial charge in [-0.3, -0.25) is 4.79 Å². The second kappa shape index (κ2) is 124. The van der Waals surface area contributed by atoms with Gasteiger partial charge in [-0.05, 0) is 0 Å². The number of rotatable bonds is 0. The van der Waals surface area contributed by atoms with Gasteiger partial charge in [-0.15, -0.1) is 0 Å². The summed E-state index contributed by atoms with van der Waals surface area (Å²) in [6.07, 6.45) is 0. The van der Waals surface area contributed by atoms with Crippen molar-refractivity contribution in [3.63, 3.8) is 0 Å². The second-order valence-electron chi connectivity index (χ2n) is 0.519. The SMILES string of the molecule is CC(=O)O.O.O.O.O.O.O.O.[MgH2]. The van der Waals surface area contributed by atoms with E-state index < -0.39 is 5.97 Å². The summed E-state index contributed by atoms with van der Waals surface area (Å²) in [5, 5.41) is 7.42. The van der Waals surface area contributed by atoms with E-state index in [0.29, 0.717) is 0 Å². The predicted molar refractivity (Wildman–Crippen MR) is 47.2 cm³/mol. The molecule has 0 rings (SSSR count). The highest BCUT2D eigenvalue weighted by atomic mass is 24.3. The van der Waals surface area contributed by atoms with Crippen molar-refractivity contribution in [1.29, 1.82) is 0 Å². The maximum atomic E-state index is 9.00. The minimum atomic E-state index is -0.833. The van der Waals surface area contributed by atoms with Crippen LogP contribution in [0.2, 0.25) is 0 Å². The summed E-state index contributed by atoms with van der Waals surface area (Å²) in [6, 6.07) is 0. The smallest absolute Gasteiger partial charge is 0.316 e. The fraction of sp³-hybridized carbons (Fsp3) is 0.500. The molecule has 12 heavy (non-hydrogen) atoms. The molecule has 84 valence electrons. The van der Waals surface area contributed by atoms with Crippen LogP contribution < -0.4 is 0 Å². The molecule has 0 aliphatic carbocycles. The van der Waals surface area contributed by atoms with Crippen LogP contribution in [0.5, 0.6) is 0 Å². The Morgan fingerprint density at radius 1 is 0.833 bits per heavy atom. The average Bonchev–Trinajstić information content (AvgIpc) is 0.811. The molecule has 0 bridgehead atoms. The van der Waals surface area contributed by atoms with Gasteiger partial charge in [-0.1, -0.05) is 0 Å². The van der Waals surface area contributed by atoms with Crippen LogP contribution in [-0.4, -0.2) is 72.5 Å². The Morgan fingerprint density at radius 3 is 0.833 bits per heavy atom. The molecule has 15 N–H and O–H groups in total. The van der Waals surface area contributed by atoms with Crippen molar-refractivity contribution >= 4 is 29.0 Å². The van der Waals surface area contributed by atoms with Crippen LogP contribution in [0, 0.1) is 0 Å². The number of carboxylic acids is 1. The van der Waals surface area contributed by atoms with Crippen molar-refractivity contribution in [3.05, 3.63) is 0 Å². The van der Waals surface area contributed by atoms with Gasteiger partial charge < -0.3 is 43.4 Å². The molecule has 0 radical (unpaired) electrons. The molecular formula is C2H20MgO9. The van der Waals surface area contributed by atoms with E-state index in [4.69, 9.17) is 9.90 Å². The highest BCUT2D eigenvalue weighted by Gasteiger charge is 1.65. The molecule has 0 aromatic heterocycles. The number of carboxylic acid groups (broad SMARTS) is 1. The van der Waals surface area contributed by atoms with Gasteiger partial charge in [0.15, 0.2) is 0 Å². The zero-order valence-corrected chi connectivity index (χ0v) is 5.86. The summed E-state index contributed by atoms with van der Waals surface area (Å²) in [7, 11) is 0. The van der Waals surface area contributed by atoms with Crippen molar-refractivity contribution in [2.75, 3.05) is 0 Å². The fourth-order valence-corrected chi connectivity index (χ4v) is 0. The monoisotopic (exact) mass is 212 g/mol. The Morgan fingerprint density at radius 2 is 0.833 bits per heavy atom. The van der Waals surface area contributed by atoms with Crippen molar-refractivity contribution in [3.8, 4) is 0 Å². The Kier molecular flexibility index (Phi) is 1700. The number of hydrogen-bond acceptors (Lipinski definition) is 1. The maximum Gasteiger partial charge on any atom is 0.316 e. The molecular weight excluding hydrogens is 192 g/mol. The van der Waals surface area contributed by atoms with Crippen molar-refractivity contribution < 1.29 is 48.2 Å². The summed E-state index contributed by atoms with van der Waals surface area (Å²) in [4.78, 5) is 9.00. The molecule has 0 spiro atoms. The van der Waals surface area contributed by atoms with E-state index in [2.05, 4.69) is 0 Å². The van der Waals surface area contributed by atoms with Crippen LogP contribution in [0.25, 0.3) is 0 Å². The zero-order chi connectivity index (χ0) is 3.58. The topological polar surface area (TPSA) is 258 Å². The Balaban J connectivity index is -0.00000000161. The third kappa shape index (κ3) is 417000. The van der Waals surface area contributed by atoms with Gasteiger partial charge in [-0.2, -0.15) is 0 Å². The largest absolute Gasteiger partial charge is 0.481 e. The molecule has 0 fully saturated rings. The number of carbonyl (C=O) groups is 1. The van der Waals surface area contributed by atoms with E-state index in [9.17, 15) is 0 Å². The Bertz CT molecular complexity index is 35.5. The van der Waals surface area contributed by atoms with Crippen molar-refractivity contribution in [1.82, 2.24) is 0 Å². The average molecular weight is 212 g/mol. The molecule has 0 aliphatic heterocycles. The molecule has 0 aromatic rings. The molecule has 0 aromatic carbocycles. The van der Waals surface area contributed by atoms with E-state index in [1.165, 1.54) is 0 Å². The van der Waals surface area contributed by atoms with Crippen molar-refractivity contribution in [2.24, 2.45) is 0 Å². The molecule has 0 amide bonds. The summed E-state index contributed by atoms with van der Waals surface area (Å²) < 4.78 is 0. The Hall–Kier alpha value is -0.0438. The third-order valence-electron chi connectivity index (χ3n) is 0. The number of aliphatic carboxylic acids is 1. The standard InChI is InChI=1S/C2H4O2.Mg.7H2O.2H/c1-2(3)4;;;;;;;;;;/h1H3,(H,3,4);;7*1H2;;. The van der Waals surface area contributed by atoms with Crippen LogP contribution >= 0.6 is 0 Å². The summed E-state index contributed by atoms with van der Waals surface area (Å²) in [5.74, 6) is -0.833.